The molecule has 1 fully saturated rings. The predicted octanol–water partition coefficient (Wildman–Crippen LogP) is 3.30. The van der Waals surface area contributed by atoms with E-state index in [1.165, 1.54) is 5.56 Å². The number of aryl methyl sites for hydroxylation is 1. The molecular weight excluding hydrogens is 212 g/mol. The second kappa shape index (κ2) is 5.46. The minimum atomic E-state index is 0.290. The third-order valence-corrected chi connectivity index (χ3v) is 3.72. The molecule has 1 aromatic rings. The maximum Gasteiger partial charge on any atom is 0.163 e. The highest BCUT2D eigenvalue weighted by molar-refractivity contribution is 5.97. The van der Waals surface area contributed by atoms with Gasteiger partial charge in [-0.3, -0.25) is 4.79 Å². The first-order valence-corrected chi connectivity index (χ1v) is 6.35. The minimum Gasteiger partial charge on any atom is -0.381 e. The van der Waals surface area contributed by atoms with Gasteiger partial charge in [0.2, 0.25) is 0 Å². The lowest BCUT2D eigenvalue weighted by atomic mass is 9.90. The van der Waals surface area contributed by atoms with E-state index in [0.29, 0.717) is 12.3 Å². The van der Waals surface area contributed by atoms with Gasteiger partial charge in [-0.15, -0.1) is 0 Å². The second-order valence-electron chi connectivity index (χ2n) is 4.93. The van der Waals surface area contributed by atoms with Crippen molar-refractivity contribution >= 4 is 5.78 Å². The van der Waals surface area contributed by atoms with Gasteiger partial charge in [-0.1, -0.05) is 18.2 Å². The van der Waals surface area contributed by atoms with Crippen molar-refractivity contribution in [3.63, 3.8) is 0 Å². The lowest BCUT2D eigenvalue weighted by Crippen LogP contribution is -2.19. The Morgan fingerprint density at radius 1 is 1.29 bits per heavy atom. The van der Waals surface area contributed by atoms with Crippen LogP contribution >= 0.6 is 0 Å². The summed E-state index contributed by atoms with van der Waals surface area (Å²) in [6.07, 6.45) is 2.72. The molecule has 1 aliphatic rings. The maximum atomic E-state index is 12.2. The van der Waals surface area contributed by atoms with Gasteiger partial charge in [0, 0.05) is 25.2 Å². The first-order chi connectivity index (χ1) is 8.18. The van der Waals surface area contributed by atoms with Crippen LogP contribution in [-0.2, 0) is 4.74 Å². The number of ketones is 1. The molecule has 0 saturated carbocycles. The summed E-state index contributed by atoms with van der Waals surface area (Å²) < 4.78 is 5.32. The fraction of sp³-hybridized carbons (Fsp3) is 0.533. The molecule has 2 rings (SSSR count). The van der Waals surface area contributed by atoms with Crippen molar-refractivity contribution in [2.24, 2.45) is 5.92 Å². The standard InChI is InChI=1S/C15H20O2/c1-11-4-3-5-14(12(11)2)15(16)10-13-6-8-17-9-7-13/h3-5,13H,6-10H2,1-2H3. The molecular formula is C15H20O2. The topological polar surface area (TPSA) is 26.3 Å². The van der Waals surface area contributed by atoms with Crippen LogP contribution in [0.3, 0.4) is 0 Å². The molecule has 0 aromatic heterocycles. The van der Waals surface area contributed by atoms with Gasteiger partial charge in [-0.2, -0.15) is 0 Å². The Hall–Kier alpha value is -1.15. The first kappa shape index (κ1) is 12.3. The molecule has 0 unspecified atom stereocenters. The Bertz CT molecular complexity index is 403. The maximum absolute atomic E-state index is 12.2. The number of rotatable bonds is 3. The van der Waals surface area contributed by atoms with E-state index in [1.807, 2.05) is 19.1 Å². The summed E-state index contributed by atoms with van der Waals surface area (Å²) in [6, 6.07) is 5.98. The average Bonchev–Trinajstić information content (AvgIpc) is 2.34. The smallest absolute Gasteiger partial charge is 0.163 e. The number of ether oxygens (including phenoxy) is 1. The quantitative estimate of drug-likeness (QED) is 0.747. The average molecular weight is 232 g/mol. The molecule has 1 aliphatic heterocycles. The van der Waals surface area contributed by atoms with E-state index in [4.69, 9.17) is 4.74 Å². The van der Waals surface area contributed by atoms with E-state index in [1.54, 1.807) is 0 Å². The van der Waals surface area contributed by atoms with Crippen molar-refractivity contribution in [2.75, 3.05) is 13.2 Å². The molecule has 0 bridgehead atoms. The van der Waals surface area contributed by atoms with Gasteiger partial charge in [0.15, 0.2) is 5.78 Å². The first-order valence-electron chi connectivity index (χ1n) is 6.35. The van der Waals surface area contributed by atoms with Crippen LogP contribution in [0.25, 0.3) is 0 Å². The lowest BCUT2D eigenvalue weighted by Gasteiger charge is -2.21. The monoisotopic (exact) mass is 232 g/mol. The van der Waals surface area contributed by atoms with E-state index in [2.05, 4.69) is 13.0 Å². The Morgan fingerprint density at radius 3 is 2.71 bits per heavy atom. The molecule has 1 heterocycles. The van der Waals surface area contributed by atoms with E-state index in [-0.39, 0.29) is 5.78 Å². The minimum absolute atomic E-state index is 0.290. The molecule has 0 N–H and O–H groups in total. The van der Waals surface area contributed by atoms with Crippen LogP contribution in [0.2, 0.25) is 0 Å². The lowest BCUT2D eigenvalue weighted by molar-refractivity contribution is 0.0601. The molecule has 0 radical (unpaired) electrons. The van der Waals surface area contributed by atoms with Crippen LogP contribution in [0, 0.1) is 19.8 Å². The highest BCUT2D eigenvalue weighted by Gasteiger charge is 2.19. The summed E-state index contributed by atoms with van der Waals surface area (Å²) in [4.78, 5) is 12.2. The molecule has 0 atom stereocenters. The number of carbonyl (C=O) groups excluding carboxylic acids is 1. The number of carbonyl (C=O) groups is 1. The van der Waals surface area contributed by atoms with Gasteiger partial charge in [0.1, 0.15) is 0 Å². The fourth-order valence-corrected chi connectivity index (χ4v) is 2.38. The highest BCUT2D eigenvalue weighted by Crippen LogP contribution is 2.22. The SMILES string of the molecule is Cc1cccc(C(=O)CC2CCOCC2)c1C. The summed E-state index contributed by atoms with van der Waals surface area (Å²) in [7, 11) is 0. The molecule has 1 saturated heterocycles. The van der Waals surface area contributed by atoms with Gasteiger partial charge in [-0.25, -0.2) is 0 Å². The van der Waals surface area contributed by atoms with E-state index >= 15 is 0 Å². The third kappa shape index (κ3) is 2.95. The molecule has 0 spiro atoms. The summed E-state index contributed by atoms with van der Waals surface area (Å²) >= 11 is 0. The van der Waals surface area contributed by atoms with Gasteiger partial charge < -0.3 is 4.74 Å². The Balaban J connectivity index is 2.06. The predicted molar refractivity (Wildman–Crippen MR) is 68.4 cm³/mol. The van der Waals surface area contributed by atoms with Crippen molar-refractivity contribution in [1.29, 1.82) is 0 Å². The van der Waals surface area contributed by atoms with Crippen LogP contribution in [0.1, 0.15) is 40.7 Å². The van der Waals surface area contributed by atoms with Crippen molar-refractivity contribution in [3.05, 3.63) is 34.9 Å². The number of benzene rings is 1. The van der Waals surface area contributed by atoms with Crippen molar-refractivity contribution in [1.82, 2.24) is 0 Å². The highest BCUT2D eigenvalue weighted by atomic mass is 16.5. The van der Waals surface area contributed by atoms with Crippen molar-refractivity contribution in [2.45, 2.75) is 33.1 Å². The Kier molecular flexibility index (Phi) is 3.95. The van der Waals surface area contributed by atoms with E-state index in [9.17, 15) is 4.79 Å². The summed E-state index contributed by atoms with van der Waals surface area (Å²) in [6.45, 7) is 5.71. The fourth-order valence-electron chi connectivity index (χ4n) is 2.38. The normalized spacial score (nSPS) is 17.1. The zero-order valence-electron chi connectivity index (χ0n) is 10.7. The summed E-state index contributed by atoms with van der Waals surface area (Å²) in [5, 5.41) is 0. The third-order valence-electron chi connectivity index (χ3n) is 3.72. The largest absolute Gasteiger partial charge is 0.381 e. The van der Waals surface area contributed by atoms with Gasteiger partial charge in [-0.05, 0) is 43.7 Å². The number of hydrogen-bond acceptors (Lipinski definition) is 2. The number of hydrogen-bond donors (Lipinski definition) is 0. The number of Topliss-reactive ketones (excluding diaryl/α,β-unsaturated/α-hetero) is 1. The summed E-state index contributed by atoms with van der Waals surface area (Å²) in [5.41, 5.74) is 3.23. The van der Waals surface area contributed by atoms with Crippen molar-refractivity contribution in [3.8, 4) is 0 Å². The Labute approximate surface area is 103 Å². The van der Waals surface area contributed by atoms with Crippen LogP contribution < -0.4 is 0 Å². The van der Waals surface area contributed by atoms with E-state index < -0.39 is 0 Å². The molecule has 17 heavy (non-hydrogen) atoms. The molecule has 2 nitrogen and oxygen atoms in total. The van der Waals surface area contributed by atoms with Crippen molar-refractivity contribution < 1.29 is 9.53 Å². The molecule has 2 heteroatoms. The van der Waals surface area contributed by atoms with Gasteiger partial charge in [0.25, 0.3) is 0 Å². The summed E-state index contributed by atoms with van der Waals surface area (Å²) in [5.74, 6) is 0.800. The van der Waals surface area contributed by atoms with Crippen LogP contribution in [0.15, 0.2) is 18.2 Å². The molecule has 0 amide bonds. The van der Waals surface area contributed by atoms with E-state index in [0.717, 1.165) is 37.2 Å². The molecule has 92 valence electrons. The zero-order valence-corrected chi connectivity index (χ0v) is 10.7. The van der Waals surface area contributed by atoms with Crippen LogP contribution in [0.5, 0.6) is 0 Å². The van der Waals surface area contributed by atoms with Gasteiger partial charge >= 0.3 is 0 Å². The van der Waals surface area contributed by atoms with Gasteiger partial charge in [0.05, 0.1) is 0 Å². The van der Waals surface area contributed by atoms with Crippen LogP contribution in [-0.4, -0.2) is 19.0 Å². The molecule has 0 aliphatic carbocycles. The Morgan fingerprint density at radius 2 is 2.00 bits per heavy atom. The second-order valence-corrected chi connectivity index (χ2v) is 4.93. The molecule has 1 aromatic carbocycles. The van der Waals surface area contributed by atoms with Crippen LogP contribution in [0.4, 0.5) is 0 Å². The zero-order chi connectivity index (χ0) is 12.3.